The van der Waals surface area contributed by atoms with Crippen LogP contribution in [0, 0.1) is 0 Å². The van der Waals surface area contributed by atoms with Gasteiger partial charge in [-0.2, -0.15) is 13.2 Å². The van der Waals surface area contributed by atoms with Crippen LogP contribution in [0.5, 0.6) is 0 Å². The number of rotatable bonds is 5. The quantitative estimate of drug-likeness (QED) is 0.618. The number of benzene rings is 1. The van der Waals surface area contributed by atoms with Gasteiger partial charge in [-0.1, -0.05) is 12.1 Å². The van der Waals surface area contributed by atoms with Crippen molar-refractivity contribution in [1.82, 2.24) is 0 Å². The van der Waals surface area contributed by atoms with Gasteiger partial charge in [0.15, 0.2) is 0 Å². The molecule has 7 heteroatoms. The van der Waals surface area contributed by atoms with E-state index >= 15 is 0 Å². The Morgan fingerprint density at radius 3 is 2.40 bits per heavy atom. The van der Waals surface area contributed by atoms with Crippen molar-refractivity contribution in [2.75, 3.05) is 6.61 Å². The lowest BCUT2D eigenvalue weighted by molar-refractivity contribution is -0.155. The Hall–Kier alpha value is -2.05. The van der Waals surface area contributed by atoms with Crippen LogP contribution in [0.4, 0.5) is 13.2 Å². The zero-order valence-electron chi connectivity index (χ0n) is 10.7. The molecule has 0 saturated heterocycles. The molecule has 0 heterocycles. The Balaban J connectivity index is 2.54. The van der Waals surface area contributed by atoms with Gasteiger partial charge in [-0.15, -0.1) is 0 Å². The van der Waals surface area contributed by atoms with E-state index in [9.17, 15) is 22.8 Å². The zero-order valence-corrected chi connectivity index (χ0v) is 10.7. The lowest BCUT2D eigenvalue weighted by Gasteiger charge is -2.09. The van der Waals surface area contributed by atoms with E-state index in [1.165, 1.54) is 12.1 Å². The van der Waals surface area contributed by atoms with Crippen molar-refractivity contribution in [2.45, 2.75) is 26.1 Å². The number of halogens is 3. The number of carbonyl (C=O) groups is 2. The van der Waals surface area contributed by atoms with E-state index in [0.29, 0.717) is 0 Å². The topological polar surface area (TPSA) is 52.6 Å². The van der Waals surface area contributed by atoms with E-state index < -0.39 is 30.1 Å². The van der Waals surface area contributed by atoms with Crippen LogP contribution in [0.3, 0.4) is 0 Å². The summed E-state index contributed by atoms with van der Waals surface area (Å²) < 4.78 is 46.6. The van der Waals surface area contributed by atoms with Crippen molar-refractivity contribution in [3.63, 3.8) is 0 Å². The maximum atomic E-state index is 12.5. The molecule has 0 radical (unpaired) electrons. The minimum atomic E-state index is -4.45. The summed E-state index contributed by atoms with van der Waals surface area (Å²) >= 11 is 0. The fourth-order valence-corrected chi connectivity index (χ4v) is 1.38. The largest absolute Gasteiger partial charge is 0.466 e. The van der Waals surface area contributed by atoms with Crippen molar-refractivity contribution in [3.8, 4) is 0 Å². The van der Waals surface area contributed by atoms with Gasteiger partial charge in [0, 0.05) is 0 Å². The van der Waals surface area contributed by atoms with Gasteiger partial charge in [-0.25, -0.2) is 0 Å². The Labute approximate surface area is 113 Å². The first-order chi connectivity index (χ1) is 9.32. The second-order valence-corrected chi connectivity index (χ2v) is 3.84. The third-order valence-corrected chi connectivity index (χ3v) is 2.25. The molecule has 1 aromatic carbocycles. The summed E-state index contributed by atoms with van der Waals surface area (Å²) in [5, 5.41) is 0. The zero-order chi connectivity index (χ0) is 15.2. The summed E-state index contributed by atoms with van der Waals surface area (Å²) in [5.41, 5.74) is -0.631. The monoisotopic (exact) mass is 290 g/mol. The molecule has 0 aliphatic rings. The fourth-order valence-electron chi connectivity index (χ4n) is 1.38. The SMILES string of the molecule is CCOC(=O)CC(=O)OCc1cccc(C(F)(F)F)c1. The molecule has 0 N–H and O–H groups in total. The first-order valence-corrected chi connectivity index (χ1v) is 5.80. The standard InChI is InChI=1S/C13H13F3O4/c1-2-19-11(17)7-12(18)20-8-9-4-3-5-10(6-9)13(14,15)16/h3-6H,2,7-8H2,1H3. The highest BCUT2D eigenvalue weighted by atomic mass is 19.4. The van der Waals surface area contributed by atoms with Gasteiger partial charge in [0.2, 0.25) is 0 Å². The van der Waals surface area contributed by atoms with Crippen LogP contribution >= 0.6 is 0 Å². The average Bonchev–Trinajstić information content (AvgIpc) is 2.36. The summed E-state index contributed by atoms with van der Waals surface area (Å²) in [6.45, 7) is 1.40. The third kappa shape index (κ3) is 5.29. The number of hydrogen-bond acceptors (Lipinski definition) is 4. The molecular weight excluding hydrogens is 277 g/mol. The third-order valence-electron chi connectivity index (χ3n) is 2.25. The number of ether oxygens (including phenoxy) is 2. The Kier molecular flexibility index (Phi) is 5.54. The van der Waals surface area contributed by atoms with Gasteiger partial charge in [-0.05, 0) is 24.6 Å². The van der Waals surface area contributed by atoms with E-state index in [2.05, 4.69) is 4.74 Å². The molecule has 0 atom stereocenters. The second kappa shape index (κ2) is 6.93. The smallest absolute Gasteiger partial charge is 0.416 e. The van der Waals surface area contributed by atoms with Crippen molar-refractivity contribution in [2.24, 2.45) is 0 Å². The summed E-state index contributed by atoms with van der Waals surface area (Å²) in [7, 11) is 0. The highest BCUT2D eigenvalue weighted by Gasteiger charge is 2.30. The molecule has 0 aliphatic carbocycles. The molecule has 20 heavy (non-hydrogen) atoms. The fraction of sp³-hybridized carbons (Fsp3) is 0.385. The normalized spacial score (nSPS) is 11.0. The van der Waals surface area contributed by atoms with Gasteiger partial charge in [0.1, 0.15) is 13.0 Å². The van der Waals surface area contributed by atoms with Crippen molar-refractivity contribution in [1.29, 1.82) is 0 Å². The molecule has 110 valence electrons. The summed E-state index contributed by atoms with van der Waals surface area (Å²) in [4.78, 5) is 22.2. The lowest BCUT2D eigenvalue weighted by atomic mass is 10.1. The first-order valence-electron chi connectivity index (χ1n) is 5.80. The summed E-state index contributed by atoms with van der Waals surface area (Å²) in [5.74, 6) is -1.58. The van der Waals surface area contributed by atoms with E-state index in [1.807, 2.05) is 0 Å². The molecule has 0 saturated carbocycles. The van der Waals surface area contributed by atoms with E-state index in [1.54, 1.807) is 6.92 Å². The maximum absolute atomic E-state index is 12.5. The number of esters is 2. The van der Waals surface area contributed by atoms with E-state index in [0.717, 1.165) is 12.1 Å². The Bertz CT molecular complexity index is 483. The predicted molar refractivity (Wildman–Crippen MR) is 62.5 cm³/mol. The highest BCUT2D eigenvalue weighted by molar-refractivity contribution is 5.91. The number of alkyl halides is 3. The Morgan fingerprint density at radius 1 is 1.15 bits per heavy atom. The van der Waals surface area contributed by atoms with Crippen LogP contribution in [0.2, 0.25) is 0 Å². The van der Waals surface area contributed by atoms with Gasteiger partial charge in [0.25, 0.3) is 0 Å². The predicted octanol–water partition coefficient (Wildman–Crippen LogP) is 2.70. The van der Waals surface area contributed by atoms with Gasteiger partial charge in [0.05, 0.1) is 12.2 Å². The van der Waals surface area contributed by atoms with Crippen LogP contribution in [0.25, 0.3) is 0 Å². The lowest BCUT2D eigenvalue weighted by Crippen LogP contribution is -2.14. The minimum absolute atomic E-state index is 0.139. The molecule has 0 fully saturated rings. The molecular formula is C13H13F3O4. The van der Waals surface area contributed by atoms with Crippen LogP contribution in [0.15, 0.2) is 24.3 Å². The molecule has 4 nitrogen and oxygen atoms in total. The average molecular weight is 290 g/mol. The molecule has 0 spiro atoms. The second-order valence-electron chi connectivity index (χ2n) is 3.84. The summed E-state index contributed by atoms with van der Waals surface area (Å²) in [6, 6.07) is 4.42. The maximum Gasteiger partial charge on any atom is 0.416 e. The van der Waals surface area contributed by atoms with Crippen molar-refractivity contribution >= 4 is 11.9 Å². The molecule has 0 unspecified atom stereocenters. The van der Waals surface area contributed by atoms with Gasteiger partial charge >= 0.3 is 18.1 Å². The molecule has 0 amide bonds. The van der Waals surface area contributed by atoms with E-state index in [4.69, 9.17) is 4.74 Å². The van der Waals surface area contributed by atoms with E-state index in [-0.39, 0.29) is 18.8 Å². The van der Waals surface area contributed by atoms with Crippen LogP contribution < -0.4 is 0 Å². The molecule has 0 bridgehead atoms. The number of carbonyl (C=O) groups excluding carboxylic acids is 2. The van der Waals surface area contributed by atoms with Crippen LogP contribution in [0.1, 0.15) is 24.5 Å². The van der Waals surface area contributed by atoms with Crippen molar-refractivity contribution < 1.29 is 32.2 Å². The van der Waals surface area contributed by atoms with Gasteiger partial charge < -0.3 is 9.47 Å². The molecule has 0 aromatic heterocycles. The Morgan fingerprint density at radius 2 is 1.80 bits per heavy atom. The van der Waals surface area contributed by atoms with Crippen molar-refractivity contribution in [3.05, 3.63) is 35.4 Å². The molecule has 0 aliphatic heterocycles. The summed E-state index contributed by atoms with van der Waals surface area (Å²) in [6.07, 6.45) is -5.02. The highest BCUT2D eigenvalue weighted by Crippen LogP contribution is 2.29. The van der Waals surface area contributed by atoms with Crippen LogP contribution in [-0.4, -0.2) is 18.5 Å². The van der Waals surface area contributed by atoms with Gasteiger partial charge in [-0.3, -0.25) is 9.59 Å². The number of hydrogen-bond donors (Lipinski definition) is 0. The molecule has 1 aromatic rings. The van der Waals surface area contributed by atoms with Crippen LogP contribution in [-0.2, 0) is 31.8 Å². The minimum Gasteiger partial charge on any atom is -0.466 e. The first kappa shape index (κ1) is 16.0. The molecule has 1 rings (SSSR count).